The summed E-state index contributed by atoms with van der Waals surface area (Å²) in [6.07, 6.45) is 2.66. The second kappa shape index (κ2) is 3.67. The van der Waals surface area contributed by atoms with Crippen LogP contribution in [0, 0.1) is 0 Å². The lowest BCUT2D eigenvalue weighted by Gasteiger charge is -2.04. The minimum Gasteiger partial charge on any atom is -0.399 e. The van der Waals surface area contributed by atoms with Gasteiger partial charge < -0.3 is 11.1 Å². The van der Waals surface area contributed by atoms with Crippen molar-refractivity contribution >= 4 is 11.4 Å². The van der Waals surface area contributed by atoms with Crippen LogP contribution in [-0.2, 0) is 6.42 Å². The molecule has 17 heavy (non-hydrogen) atoms. The topological polar surface area (TPSA) is 38.0 Å². The number of nitrogen functional groups attached to an aromatic ring is 1. The highest BCUT2D eigenvalue weighted by Gasteiger charge is 2.18. The largest absolute Gasteiger partial charge is 0.399 e. The average Bonchev–Trinajstić information content (AvgIpc) is 2.65. The van der Waals surface area contributed by atoms with Crippen molar-refractivity contribution in [3.8, 4) is 11.1 Å². The molecule has 2 heteroatoms. The molecule has 0 heterocycles. The Labute approximate surface area is 101 Å². The fourth-order valence-corrected chi connectivity index (χ4v) is 2.44. The first-order chi connectivity index (χ1) is 8.28. The lowest BCUT2D eigenvalue weighted by molar-refractivity contribution is 1.26. The van der Waals surface area contributed by atoms with E-state index < -0.39 is 0 Å². The van der Waals surface area contributed by atoms with Gasteiger partial charge in [-0.2, -0.15) is 0 Å². The number of fused-ring (bicyclic) bond motifs is 3. The standard InChI is InChI=1S/C15H14N2/c1-2-17-13-4-6-15-11(9-13)7-10-8-12(16)3-5-14(10)15/h2-6,8-9,17H,1,7,16H2. The van der Waals surface area contributed by atoms with E-state index >= 15 is 0 Å². The van der Waals surface area contributed by atoms with E-state index in [-0.39, 0.29) is 0 Å². The summed E-state index contributed by atoms with van der Waals surface area (Å²) in [6.45, 7) is 3.67. The molecule has 0 atom stereocenters. The van der Waals surface area contributed by atoms with Crippen molar-refractivity contribution in [2.24, 2.45) is 0 Å². The number of hydrogen-bond donors (Lipinski definition) is 2. The van der Waals surface area contributed by atoms with Crippen molar-refractivity contribution < 1.29 is 0 Å². The Morgan fingerprint density at radius 3 is 2.53 bits per heavy atom. The minimum atomic E-state index is 0.834. The van der Waals surface area contributed by atoms with Gasteiger partial charge in [-0.05, 0) is 59.1 Å². The second-order valence-electron chi connectivity index (χ2n) is 4.31. The molecular weight excluding hydrogens is 208 g/mol. The molecule has 0 saturated carbocycles. The maximum atomic E-state index is 5.82. The first-order valence-corrected chi connectivity index (χ1v) is 5.67. The Hall–Kier alpha value is -2.22. The fourth-order valence-electron chi connectivity index (χ4n) is 2.44. The van der Waals surface area contributed by atoms with E-state index in [2.05, 4.69) is 42.2 Å². The van der Waals surface area contributed by atoms with Crippen LogP contribution in [0.15, 0.2) is 49.2 Å². The highest BCUT2D eigenvalue weighted by molar-refractivity contribution is 5.80. The molecule has 0 aliphatic heterocycles. The van der Waals surface area contributed by atoms with E-state index in [9.17, 15) is 0 Å². The van der Waals surface area contributed by atoms with Gasteiger partial charge in [0.15, 0.2) is 0 Å². The molecule has 0 unspecified atom stereocenters. The molecule has 1 aliphatic carbocycles. The number of rotatable bonds is 2. The number of benzene rings is 2. The van der Waals surface area contributed by atoms with E-state index in [0.29, 0.717) is 0 Å². The fraction of sp³-hybridized carbons (Fsp3) is 0.0667. The van der Waals surface area contributed by atoms with Crippen molar-refractivity contribution in [2.45, 2.75) is 6.42 Å². The predicted octanol–water partition coefficient (Wildman–Crippen LogP) is 3.40. The lowest BCUT2D eigenvalue weighted by Crippen LogP contribution is -1.88. The van der Waals surface area contributed by atoms with Crippen LogP contribution < -0.4 is 11.1 Å². The van der Waals surface area contributed by atoms with Crippen LogP contribution >= 0.6 is 0 Å². The number of hydrogen-bond acceptors (Lipinski definition) is 2. The Bertz CT molecular complexity index is 600. The van der Waals surface area contributed by atoms with Crippen molar-refractivity contribution in [3.05, 3.63) is 60.3 Å². The maximum Gasteiger partial charge on any atom is 0.0382 e. The van der Waals surface area contributed by atoms with Crippen LogP contribution in [0.25, 0.3) is 11.1 Å². The summed E-state index contributed by atoms with van der Waals surface area (Å²) in [4.78, 5) is 0. The quantitative estimate of drug-likeness (QED) is 0.652. The average molecular weight is 222 g/mol. The Morgan fingerprint density at radius 1 is 1.06 bits per heavy atom. The SMILES string of the molecule is C=CNc1ccc2c(c1)Cc1cc(N)ccc1-2. The van der Waals surface area contributed by atoms with Gasteiger partial charge >= 0.3 is 0 Å². The molecule has 0 radical (unpaired) electrons. The molecule has 84 valence electrons. The molecule has 1 aliphatic rings. The highest BCUT2D eigenvalue weighted by atomic mass is 14.8. The Morgan fingerprint density at radius 2 is 1.76 bits per heavy atom. The van der Waals surface area contributed by atoms with Crippen LogP contribution in [0.1, 0.15) is 11.1 Å². The number of nitrogens with two attached hydrogens (primary N) is 1. The summed E-state index contributed by atoms with van der Waals surface area (Å²) < 4.78 is 0. The molecule has 0 saturated heterocycles. The van der Waals surface area contributed by atoms with Crippen LogP contribution in [0.2, 0.25) is 0 Å². The van der Waals surface area contributed by atoms with E-state index in [1.54, 1.807) is 6.20 Å². The summed E-state index contributed by atoms with van der Waals surface area (Å²) in [5, 5.41) is 3.11. The van der Waals surface area contributed by atoms with E-state index in [1.807, 2.05) is 6.07 Å². The van der Waals surface area contributed by atoms with Crippen molar-refractivity contribution in [3.63, 3.8) is 0 Å². The zero-order valence-electron chi connectivity index (χ0n) is 9.53. The summed E-state index contributed by atoms with van der Waals surface area (Å²) in [5.74, 6) is 0. The van der Waals surface area contributed by atoms with Crippen molar-refractivity contribution in [2.75, 3.05) is 11.1 Å². The van der Waals surface area contributed by atoms with Crippen LogP contribution in [0.4, 0.5) is 11.4 Å². The van der Waals surface area contributed by atoms with Gasteiger partial charge in [0.25, 0.3) is 0 Å². The third-order valence-electron chi connectivity index (χ3n) is 3.17. The van der Waals surface area contributed by atoms with Gasteiger partial charge in [-0.25, -0.2) is 0 Å². The lowest BCUT2D eigenvalue weighted by atomic mass is 10.1. The summed E-state index contributed by atoms with van der Waals surface area (Å²) in [7, 11) is 0. The zero-order chi connectivity index (χ0) is 11.8. The number of anilines is 2. The van der Waals surface area contributed by atoms with Gasteiger partial charge in [-0.1, -0.05) is 18.7 Å². The van der Waals surface area contributed by atoms with Gasteiger partial charge in [-0.15, -0.1) is 0 Å². The van der Waals surface area contributed by atoms with E-state index in [4.69, 9.17) is 5.73 Å². The third-order valence-corrected chi connectivity index (χ3v) is 3.17. The molecule has 0 fully saturated rings. The minimum absolute atomic E-state index is 0.834. The van der Waals surface area contributed by atoms with Crippen LogP contribution in [0.3, 0.4) is 0 Å². The highest BCUT2D eigenvalue weighted by Crippen LogP contribution is 2.38. The Kier molecular flexibility index (Phi) is 2.15. The smallest absolute Gasteiger partial charge is 0.0382 e. The maximum absolute atomic E-state index is 5.82. The van der Waals surface area contributed by atoms with Gasteiger partial charge in [0.05, 0.1) is 0 Å². The van der Waals surface area contributed by atoms with Crippen LogP contribution in [0.5, 0.6) is 0 Å². The second-order valence-corrected chi connectivity index (χ2v) is 4.31. The first-order valence-electron chi connectivity index (χ1n) is 5.67. The molecule has 3 rings (SSSR count). The van der Waals surface area contributed by atoms with Crippen molar-refractivity contribution in [1.29, 1.82) is 0 Å². The predicted molar refractivity (Wildman–Crippen MR) is 72.9 cm³/mol. The summed E-state index contributed by atoms with van der Waals surface area (Å²) in [5.41, 5.74) is 13.0. The molecule has 3 N–H and O–H groups in total. The normalized spacial score (nSPS) is 11.8. The molecule has 0 aromatic heterocycles. The molecular formula is C15H14N2. The van der Waals surface area contributed by atoms with Gasteiger partial charge in [0.1, 0.15) is 0 Å². The molecule has 0 spiro atoms. The molecule has 2 aromatic carbocycles. The molecule has 2 aromatic rings. The monoisotopic (exact) mass is 222 g/mol. The van der Waals surface area contributed by atoms with Gasteiger partial charge in [0.2, 0.25) is 0 Å². The Balaban J connectivity index is 2.09. The van der Waals surface area contributed by atoms with E-state index in [1.165, 1.54) is 22.3 Å². The number of nitrogens with one attached hydrogen (secondary N) is 1. The van der Waals surface area contributed by atoms with Crippen molar-refractivity contribution in [1.82, 2.24) is 0 Å². The molecule has 0 amide bonds. The zero-order valence-corrected chi connectivity index (χ0v) is 9.53. The molecule has 2 nitrogen and oxygen atoms in total. The molecule has 0 bridgehead atoms. The van der Waals surface area contributed by atoms with Crippen LogP contribution in [-0.4, -0.2) is 0 Å². The first kappa shape index (κ1) is 9.97. The summed E-state index contributed by atoms with van der Waals surface area (Å²) >= 11 is 0. The summed E-state index contributed by atoms with van der Waals surface area (Å²) in [6, 6.07) is 12.5. The van der Waals surface area contributed by atoms with E-state index in [0.717, 1.165) is 17.8 Å². The third kappa shape index (κ3) is 1.58. The van der Waals surface area contributed by atoms with Gasteiger partial charge in [-0.3, -0.25) is 0 Å². The van der Waals surface area contributed by atoms with Gasteiger partial charge in [0, 0.05) is 11.4 Å².